The second kappa shape index (κ2) is 5.16. The lowest BCUT2D eigenvalue weighted by Gasteiger charge is -2.26. The number of nitrogen functional groups attached to an aromatic ring is 1. The van der Waals surface area contributed by atoms with Crippen LogP contribution in [0, 0.1) is 0 Å². The predicted octanol–water partition coefficient (Wildman–Crippen LogP) is 1.06. The standard InChI is InChI=1S/C12H17N5S/c13-12-15-10-9-14-2-1-11(10)17(12)4-3-16-5-7-18-8-6-16/h1-2,9H,3-8H2,(H2,13,15). The van der Waals surface area contributed by atoms with E-state index in [9.17, 15) is 0 Å². The molecule has 6 heteroatoms. The van der Waals surface area contributed by atoms with Gasteiger partial charge in [-0.1, -0.05) is 0 Å². The quantitative estimate of drug-likeness (QED) is 0.897. The zero-order valence-corrected chi connectivity index (χ0v) is 11.1. The van der Waals surface area contributed by atoms with Crippen LogP contribution in [0.2, 0.25) is 0 Å². The Balaban J connectivity index is 1.75. The van der Waals surface area contributed by atoms with Crippen molar-refractivity contribution in [3.63, 3.8) is 0 Å². The molecule has 5 nitrogen and oxygen atoms in total. The molecule has 0 aliphatic carbocycles. The molecule has 1 aliphatic heterocycles. The average Bonchev–Trinajstić information content (AvgIpc) is 2.73. The molecule has 1 fully saturated rings. The monoisotopic (exact) mass is 263 g/mol. The minimum atomic E-state index is 0.587. The van der Waals surface area contributed by atoms with Crippen LogP contribution in [-0.2, 0) is 6.54 Å². The number of rotatable bonds is 3. The maximum absolute atomic E-state index is 5.97. The molecule has 96 valence electrons. The Morgan fingerprint density at radius 2 is 2.11 bits per heavy atom. The van der Waals surface area contributed by atoms with Crippen LogP contribution in [0.1, 0.15) is 0 Å². The van der Waals surface area contributed by atoms with Gasteiger partial charge in [-0.15, -0.1) is 0 Å². The largest absolute Gasteiger partial charge is 0.369 e. The molecule has 1 saturated heterocycles. The van der Waals surface area contributed by atoms with Crippen molar-refractivity contribution in [3.8, 4) is 0 Å². The normalized spacial score (nSPS) is 17.3. The zero-order valence-electron chi connectivity index (χ0n) is 10.2. The molecule has 2 aromatic rings. The molecular weight excluding hydrogens is 246 g/mol. The molecule has 3 heterocycles. The smallest absolute Gasteiger partial charge is 0.201 e. The van der Waals surface area contributed by atoms with Gasteiger partial charge in [0.2, 0.25) is 5.95 Å². The predicted molar refractivity (Wildman–Crippen MR) is 75.7 cm³/mol. The van der Waals surface area contributed by atoms with Crippen LogP contribution < -0.4 is 5.73 Å². The molecule has 0 bridgehead atoms. The van der Waals surface area contributed by atoms with Gasteiger partial charge in [-0.3, -0.25) is 9.88 Å². The van der Waals surface area contributed by atoms with Crippen LogP contribution in [0.25, 0.3) is 11.0 Å². The highest BCUT2D eigenvalue weighted by atomic mass is 32.2. The molecule has 0 unspecified atom stereocenters. The van der Waals surface area contributed by atoms with Gasteiger partial charge in [-0.2, -0.15) is 11.8 Å². The van der Waals surface area contributed by atoms with Gasteiger partial charge in [0, 0.05) is 43.9 Å². The highest BCUT2D eigenvalue weighted by molar-refractivity contribution is 7.99. The van der Waals surface area contributed by atoms with Gasteiger partial charge in [-0.05, 0) is 6.07 Å². The second-order valence-electron chi connectivity index (χ2n) is 4.44. The first-order chi connectivity index (χ1) is 8.84. The van der Waals surface area contributed by atoms with E-state index >= 15 is 0 Å². The molecule has 0 radical (unpaired) electrons. The lowest BCUT2D eigenvalue weighted by molar-refractivity contribution is 0.291. The number of nitrogens with two attached hydrogens (primary N) is 1. The third-order valence-electron chi connectivity index (χ3n) is 3.32. The van der Waals surface area contributed by atoms with Gasteiger partial charge in [0.05, 0.1) is 11.7 Å². The molecule has 0 aromatic carbocycles. The van der Waals surface area contributed by atoms with E-state index in [4.69, 9.17) is 5.73 Å². The molecule has 0 atom stereocenters. The minimum absolute atomic E-state index is 0.587. The van der Waals surface area contributed by atoms with Crippen molar-refractivity contribution in [2.75, 3.05) is 36.9 Å². The summed E-state index contributed by atoms with van der Waals surface area (Å²) >= 11 is 2.03. The third kappa shape index (κ3) is 2.30. The molecule has 0 amide bonds. The minimum Gasteiger partial charge on any atom is -0.369 e. The van der Waals surface area contributed by atoms with Crippen LogP contribution in [0.5, 0.6) is 0 Å². The Morgan fingerprint density at radius 1 is 1.28 bits per heavy atom. The van der Waals surface area contributed by atoms with Crippen LogP contribution in [0.3, 0.4) is 0 Å². The zero-order chi connectivity index (χ0) is 12.4. The summed E-state index contributed by atoms with van der Waals surface area (Å²) in [6, 6.07) is 1.98. The number of pyridine rings is 1. The van der Waals surface area contributed by atoms with Crippen molar-refractivity contribution in [1.82, 2.24) is 19.4 Å². The summed E-state index contributed by atoms with van der Waals surface area (Å²) in [6.07, 6.45) is 3.55. The van der Waals surface area contributed by atoms with Crippen molar-refractivity contribution < 1.29 is 0 Å². The van der Waals surface area contributed by atoms with Gasteiger partial charge in [0.1, 0.15) is 5.52 Å². The van der Waals surface area contributed by atoms with E-state index in [1.165, 1.54) is 24.6 Å². The van der Waals surface area contributed by atoms with Crippen LogP contribution in [0.4, 0.5) is 5.95 Å². The molecule has 18 heavy (non-hydrogen) atoms. The maximum Gasteiger partial charge on any atom is 0.201 e. The van der Waals surface area contributed by atoms with Gasteiger partial charge in [-0.25, -0.2) is 4.98 Å². The Kier molecular flexibility index (Phi) is 3.38. The highest BCUT2D eigenvalue weighted by Gasteiger charge is 2.12. The fourth-order valence-corrected chi connectivity index (χ4v) is 3.28. The molecule has 2 N–H and O–H groups in total. The Morgan fingerprint density at radius 3 is 2.94 bits per heavy atom. The third-order valence-corrected chi connectivity index (χ3v) is 4.27. The number of hydrogen-bond acceptors (Lipinski definition) is 5. The Labute approximate surface area is 110 Å². The Hall–Kier alpha value is -1.27. The summed E-state index contributed by atoms with van der Waals surface area (Å²) in [5, 5.41) is 0. The molecule has 1 aliphatic rings. The summed E-state index contributed by atoms with van der Waals surface area (Å²) in [5.41, 5.74) is 7.93. The summed E-state index contributed by atoms with van der Waals surface area (Å²) in [6.45, 7) is 4.30. The van der Waals surface area contributed by atoms with Gasteiger partial charge in [0.25, 0.3) is 0 Å². The molecule has 3 rings (SSSR count). The number of imidazole rings is 1. The summed E-state index contributed by atoms with van der Waals surface area (Å²) < 4.78 is 2.08. The molecule has 0 spiro atoms. The van der Waals surface area contributed by atoms with E-state index in [0.29, 0.717) is 5.95 Å². The van der Waals surface area contributed by atoms with Crippen molar-refractivity contribution in [2.24, 2.45) is 0 Å². The average molecular weight is 263 g/mol. The number of thioether (sulfide) groups is 1. The van der Waals surface area contributed by atoms with Crippen molar-refractivity contribution >= 4 is 28.7 Å². The lowest BCUT2D eigenvalue weighted by atomic mass is 10.4. The van der Waals surface area contributed by atoms with E-state index in [-0.39, 0.29) is 0 Å². The topological polar surface area (TPSA) is 60.0 Å². The fraction of sp³-hybridized carbons (Fsp3) is 0.500. The Bertz CT molecular complexity index is 532. The van der Waals surface area contributed by atoms with E-state index in [1.807, 2.05) is 17.8 Å². The second-order valence-corrected chi connectivity index (χ2v) is 5.66. The molecule has 2 aromatic heterocycles. The van der Waals surface area contributed by atoms with Crippen molar-refractivity contribution in [1.29, 1.82) is 0 Å². The van der Waals surface area contributed by atoms with E-state index in [0.717, 1.165) is 24.1 Å². The first-order valence-electron chi connectivity index (χ1n) is 6.20. The maximum atomic E-state index is 5.97. The van der Waals surface area contributed by atoms with Crippen molar-refractivity contribution in [2.45, 2.75) is 6.54 Å². The number of aromatic nitrogens is 3. The van der Waals surface area contributed by atoms with Crippen LogP contribution >= 0.6 is 11.8 Å². The summed E-state index contributed by atoms with van der Waals surface area (Å²) in [4.78, 5) is 10.9. The van der Waals surface area contributed by atoms with Crippen molar-refractivity contribution in [3.05, 3.63) is 18.5 Å². The fourth-order valence-electron chi connectivity index (χ4n) is 2.30. The lowest BCUT2D eigenvalue weighted by Crippen LogP contribution is -2.35. The number of hydrogen-bond donors (Lipinski definition) is 1. The van der Waals surface area contributed by atoms with E-state index in [1.54, 1.807) is 12.4 Å². The van der Waals surface area contributed by atoms with E-state index in [2.05, 4.69) is 19.4 Å². The first-order valence-corrected chi connectivity index (χ1v) is 7.36. The van der Waals surface area contributed by atoms with Gasteiger partial charge >= 0.3 is 0 Å². The highest BCUT2D eigenvalue weighted by Crippen LogP contribution is 2.16. The number of nitrogens with zero attached hydrogens (tertiary/aromatic N) is 4. The molecular formula is C12H17N5S. The van der Waals surface area contributed by atoms with Crippen LogP contribution in [0.15, 0.2) is 18.5 Å². The van der Waals surface area contributed by atoms with Gasteiger partial charge < -0.3 is 10.3 Å². The van der Waals surface area contributed by atoms with Crippen LogP contribution in [-0.4, -0.2) is 50.6 Å². The van der Waals surface area contributed by atoms with E-state index < -0.39 is 0 Å². The molecule has 0 saturated carbocycles. The SMILES string of the molecule is Nc1nc2cnccc2n1CCN1CCSCC1. The van der Waals surface area contributed by atoms with Gasteiger partial charge in [0.15, 0.2) is 0 Å². The summed E-state index contributed by atoms with van der Waals surface area (Å²) in [7, 11) is 0. The first kappa shape index (κ1) is 11.8. The number of fused-ring (bicyclic) bond motifs is 1. The number of anilines is 1. The summed E-state index contributed by atoms with van der Waals surface area (Å²) in [5.74, 6) is 3.07.